The maximum Gasteiger partial charge on any atom is 0.255 e. The minimum Gasteiger partial charge on any atom is -0.494 e. The lowest BCUT2D eigenvalue weighted by atomic mass is 10.0. The van der Waals surface area contributed by atoms with Crippen LogP contribution in [0.15, 0.2) is 61.2 Å². The summed E-state index contributed by atoms with van der Waals surface area (Å²) in [4.78, 5) is 49.3. The van der Waals surface area contributed by atoms with Crippen LogP contribution in [0.3, 0.4) is 0 Å². The average molecular weight is 519 g/mol. The van der Waals surface area contributed by atoms with E-state index in [1.807, 2.05) is 48.9 Å². The Kier molecular flexibility index (Phi) is 9.07. The Morgan fingerprint density at radius 3 is 2.82 bits per heavy atom. The van der Waals surface area contributed by atoms with Gasteiger partial charge in [-0.05, 0) is 43.0 Å². The van der Waals surface area contributed by atoms with E-state index < -0.39 is 11.9 Å². The second-order valence-corrected chi connectivity index (χ2v) is 9.68. The molecule has 1 aliphatic rings. The second-order valence-electron chi connectivity index (χ2n) is 9.68. The third-order valence-electron chi connectivity index (χ3n) is 6.19. The van der Waals surface area contributed by atoms with Crippen molar-refractivity contribution in [2.24, 2.45) is 5.92 Å². The van der Waals surface area contributed by atoms with Crippen LogP contribution in [0.4, 0.5) is 0 Å². The van der Waals surface area contributed by atoms with Crippen LogP contribution in [-0.2, 0) is 16.1 Å². The van der Waals surface area contributed by atoms with Crippen molar-refractivity contribution in [3.8, 4) is 17.1 Å². The molecule has 200 valence electrons. The topological polar surface area (TPSA) is 118 Å². The molecule has 0 aliphatic carbocycles. The first-order valence-corrected chi connectivity index (χ1v) is 12.9. The van der Waals surface area contributed by atoms with E-state index in [-0.39, 0.29) is 24.3 Å². The number of carbonyl (C=O) groups is 3. The van der Waals surface area contributed by atoms with E-state index in [4.69, 9.17) is 4.74 Å². The zero-order chi connectivity index (χ0) is 26.9. The number of pyridine rings is 1. The van der Waals surface area contributed by atoms with Crippen LogP contribution in [0.1, 0.15) is 37.0 Å². The number of imidazole rings is 1. The largest absolute Gasteiger partial charge is 0.494 e. The molecule has 3 aromatic rings. The smallest absolute Gasteiger partial charge is 0.255 e. The lowest BCUT2D eigenvalue weighted by Gasteiger charge is -2.25. The summed E-state index contributed by atoms with van der Waals surface area (Å²) in [7, 11) is 0. The van der Waals surface area contributed by atoms with Gasteiger partial charge < -0.3 is 24.8 Å². The molecule has 3 heterocycles. The zero-order valence-electron chi connectivity index (χ0n) is 21.8. The zero-order valence-corrected chi connectivity index (χ0v) is 21.8. The Hall–Kier alpha value is -4.21. The van der Waals surface area contributed by atoms with Crippen molar-refractivity contribution in [3.63, 3.8) is 0 Å². The number of rotatable bonds is 3. The summed E-state index contributed by atoms with van der Waals surface area (Å²) in [6, 6.07) is 10.3. The Balaban J connectivity index is 1.58. The maximum atomic E-state index is 13.2. The highest BCUT2D eigenvalue weighted by Crippen LogP contribution is 2.23. The van der Waals surface area contributed by atoms with Gasteiger partial charge in [-0.15, -0.1) is 0 Å². The molecule has 2 aromatic heterocycles. The molecule has 0 fully saturated rings. The van der Waals surface area contributed by atoms with E-state index in [9.17, 15) is 14.4 Å². The number of amides is 3. The number of carbonyl (C=O) groups excluding carboxylic acids is 3. The number of hydrogen-bond donors (Lipinski definition) is 2. The summed E-state index contributed by atoms with van der Waals surface area (Å²) in [5.74, 6) is 0.685. The second kappa shape index (κ2) is 12.8. The average Bonchev–Trinajstić information content (AvgIpc) is 3.38. The predicted octanol–water partition coefficient (Wildman–Crippen LogP) is 2.52. The van der Waals surface area contributed by atoms with Crippen molar-refractivity contribution in [2.45, 2.75) is 39.3 Å². The van der Waals surface area contributed by atoms with Crippen LogP contribution in [0.5, 0.6) is 5.75 Å². The Bertz CT molecular complexity index is 1240. The fraction of sp³-hybridized carbons (Fsp3) is 0.393. The molecule has 10 heteroatoms. The van der Waals surface area contributed by atoms with Crippen LogP contribution in [-0.4, -0.2) is 69.4 Å². The first-order chi connectivity index (χ1) is 18.4. The van der Waals surface area contributed by atoms with E-state index in [0.29, 0.717) is 50.4 Å². The summed E-state index contributed by atoms with van der Waals surface area (Å²) in [6.07, 6.45) is 7.65. The van der Waals surface area contributed by atoms with Crippen molar-refractivity contribution in [3.05, 3.63) is 66.7 Å². The molecular formula is C28H34N6O4. The number of benzene rings is 1. The molecule has 0 unspecified atom stereocenters. The van der Waals surface area contributed by atoms with Gasteiger partial charge in [-0.25, -0.2) is 4.98 Å². The molecule has 10 nitrogen and oxygen atoms in total. The lowest BCUT2D eigenvalue weighted by molar-refractivity contribution is -0.129. The Morgan fingerprint density at radius 2 is 2.03 bits per heavy atom. The first kappa shape index (κ1) is 26.8. The number of nitrogens with zero attached hydrogens (tertiary/aromatic N) is 4. The lowest BCUT2D eigenvalue weighted by Crippen LogP contribution is -2.51. The van der Waals surface area contributed by atoms with Gasteiger partial charge in [0.1, 0.15) is 17.6 Å². The molecule has 38 heavy (non-hydrogen) atoms. The quantitative estimate of drug-likeness (QED) is 0.550. The predicted molar refractivity (Wildman–Crippen MR) is 142 cm³/mol. The Labute approximate surface area is 222 Å². The molecule has 1 aromatic carbocycles. The maximum absolute atomic E-state index is 13.2. The number of nitrogens with one attached hydrogen (secondary N) is 2. The van der Waals surface area contributed by atoms with Crippen LogP contribution >= 0.6 is 0 Å². The molecule has 4 rings (SSSR count). The van der Waals surface area contributed by atoms with E-state index >= 15 is 0 Å². The summed E-state index contributed by atoms with van der Waals surface area (Å²) >= 11 is 0. The van der Waals surface area contributed by atoms with Gasteiger partial charge in [0.05, 0.1) is 18.7 Å². The summed E-state index contributed by atoms with van der Waals surface area (Å²) < 4.78 is 7.95. The van der Waals surface area contributed by atoms with Crippen molar-refractivity contribution in [1.82, 2.24) is 30.1 Å². The SMILES string of the molecule is CC(C)C[C@H]1NC(=O)CN(C(=O)c2cccnc2)CCCOc2cccc(c2)-c2nccn2CCNC1=O. The normalized spacial score (nSPS) is 17.4. The van der Waals surface area contributed by atoms with Gasteiger partial charge in [-0.2, -0.15) is 0 Å². The highest BCUT2D eigenvalue weighted by Gasteiger charge is 2.25. The van der Waals surface area contributed by atoms with Gasteiger partial charge in [-0.1, -0.05) is 26.0 Å². The van der Waals surface area contributed by atoms with Gasteiger partial charge in [0.25, 0.3) is 5.91 Å². The minimum absolute atomic E-state index is 0.177. The van der Waals surface area contributed by atoms with Gasteiger partial charge in [0.15, 0.2) is 0 Å². The molecule has 0 spiro atoms. The molecule has 0 radical (unpaired) electrons. The monoisotopic (exact) mass is 518 g/mol. The fourth-order valence-corrected chi connectivity index (χ4v) is 4.38. The van der Waals surface area contributed by atoms with Crippen molar-refractivity contribution < 1.29 is 19.1 Å². The molecule has 1 aliphatic heterocycles. The minimum atomic E-state index is -0.709. The van der Waals surface area contributed by atoms with Crippen LogP contribution in [0.2, 0.25) is 0 Å². The van der Waals surface area contributed by atoms with Gasteiger partial charge in [-0.3, -0.25) is 19.4 Å². The van der Waals surface area contributed by atoms with Crippen LogP contribution in [0, 0.1) is 5.92 Å². The van der Waals surface area contributed by atoms with Crippen molar-refractivity contribution in [2.75, 3.05) is 26.2 Å². The number of aromatic nitrogens is 3. The fourth-order valence-electron chi connectivity index (χ4n) is 4.38. The Morgan fingerprint density at radius 1 is 1.16 bits per heavy atom. The number of ether oxygens (including phenoxy) is 1. The van der Waals surface area contributed by atoms with Gasteiger partial charge in [0, 0.05) is 50.0 Å². The van der Waals surface area contributed by atoms with Crippen molar-refractivity contribution >= 4 is 17.7 Å². The van der Waals surface area contributed by atoms with Crippen molar-refractivity contribution in [1.29, 1.82) is 0 Å². The standard InChI is InChI=1S/C28H34N6O4/c1-20(2)16-24-27(36)31-11-14-33-13-10-30-26(33)21-6-3-8-23(17-21)38-15-5-12-34(19-25(35)32-24)28(37)22-7-4-9-29-18-22/h3-4,6-10,13,17-18,20,24H,5,11-12,14-16,19H2,1-2H3,(H,31,36)(H,32,35)/t24-/m1/s1. The molecule has 3 amide bonds. The highest BCUT2D eigenvalue weighted by molar-refractivity contribution is 5.97. The molecule has 1 atom stereocenters. The molecular weight excluding hydrogens is 484 g/mol. The van der Waals surface area contributed by atoms with Gasteiger partial charge in [0.2, 0.25) is 11.8 Å². The summed E-state index contributed by atoms with van der Waals surface area (Å²) in [6.45, 7) is 5.35. The third kappa shape index (κ3) is 7.18. The molecule has 0 saturated carbocycles. The summed E-state index contributed by atoms with van der Waals surface area (Å²) in [5, 5.41) is 5.79. The summed E-state index contributed by atoms with van der Waals surface area (Å²) in [5.41, 5.74) is 1.29. The number of hydrogen-bond acceptors (Lipinski definition) is 6. The number of fused-ring (bicyclic) bond motifs is 4. The molecule has 0 saturated heterocycles. The molecule has 2 bridgehead atoms. The van der Waals surface area contributed by atoms with Crippen LogP contribution < -0.4 is 15.4 Å². The van der Waals surface area contributed by atoms with Gasteiger partial charge >= 0.3 is 0 Å². The third-order valence-corrected chi connectivity index (χ3v) is 6.19. The van der Waals surface area contributed by atoms with E-state index in [1.165, 1.54) is 11.1 Å². The van der Waals surface area contributed by atoms with Crippen LogP contribution in [0.25, 0.3) is 11.4 Å². The molecule has 2 N–H and O–H groups in total. The van der Waals surface area contributed by atoms with E-state index in [1.54, 1.807) is 24.5 Å². The first-order valence-electron chi connectivity index (χ1n) is 12.9. The highest BCUT2D eigenvalue weighted by atomic mass is 16.5. The van der Waals surface area contributed by atoms with E-state index in [0.717, 1.165) is 11.4 Å². The van der Waals surface area contributed by atoms with E-state index in [2.05, 4.69) is 20.6 Å².